The Hall–Kier alpha value is -1.63. The first-order chi connectivity index (χ1) is 14.0. The van der Waals surface area contributed by atoms with Crippen LogP contribution >= 0.6 is 11.6 Å². The minimum absolute atomic E-state index is 0.0831. The third-order valence-corrected chi connectivity index (χ3v) is 5.02. The van der Waals surface area contributed by atoms with Gasteiger partial charge in [0.05, 0.1) is 31.5 Å². The van der Waals surface area contributed by atoms with Gasteiger partial charge in [0.25, 0.3) is 0 Å². The molecule has 3 rings (SSSR count). The van der Waals surface area contributed by atoms with Crippen LogP contribution in [0.25, 0.3) is 0 Å². The highest BCUT2D eigenvalue weighted by molar-refractivity contribution is 6.31. The monoisotopic (exact) mass is 422 g/mol. The summed E-state index contributed by atoms with van der Waals surface area (Å²) in [6, 6.07) is 13.8. The van der Waals surface area contributed by atoms with Gasteiger partial charge in [-0.05, 0) is 48.2 Å². The van der Waals surface area contributed by atoms with Gasteiger partial charge in [-0.2, -0.15) is 0 Å². The van der Waals surface area contributed by atoms with E-state index in [9.17, 15) is 10.2 Å². The van der Waals surface area contributed by atoms with Crippen LogP contribution in [-0.4, -0.2) is 49.9 Å². The standard InChI is InChI=1S/C21H25ClO4.C2H6O/c1-2-25-18-6-3-14(4-7-18)9-16-10-15(5-8-20(16)22)21-12-17(24)11-19(13-23)26-21;1-3-2/h3-8,10,17,19,21,23-24H,2,9,11-13H2,1H3;1-2H3. The summed E-state index contributed by atoms with van der Waals surface area (Å²) < 4.78 is 15.6. The van der Waals surface area contributed by atoms with Crippen molar-refractivity contribution in [2.24, 2.45) is 0 Å². The normalized spacial score (nSPS) is 21.2. The molecule has 0 saturated carbocycles. The number of methoxy groups -OCH3 is 1. The molecular weight excluding hydrogens is 392 g/mol. The molecule has 0 amide bonds. The molecule has 29 heavy (non-hydrogen) atoms. The molecule has 0 bridgehead atoms. The maximum absolute atomic E-state index is 10.0. The molecule has 1 aliphatic heterocycles. The molecule has 0 spiro atoms. The van der Waals surface area contributed by atoms with E-state index in [0.717, 1.165) is 22.4 Å². The second-order valence-electron chi connectivity index (χ2n) is 7.07. The minimum atomic E-state index is -0.462. The van der Waals surface area contributed by atoms with Crippen LogP contribution in [0.2, 0.25) is 5.02 Å². The van der Waals surface area contributed by atoms with E-state index >= 15 is 0 Å². The first kappa shape index (κ1) is 23.6. The van der Waals surface area contributed by atoms with Crippen LogP contribution in [0.1, 0.15) is 42.6 Å². The first-order valence-corrected chi connectivity index (χ1v) is 10.2. The predicted octanol–water partition coefficient (Wildman–Crippen LogP) is 4.17. The van der Waals surface area contributed by atoms with E-state index in [1.54, 1.807) is 14.2 Å². The maximum Gasteiger partial charge on any atom is 0.119 e. The highest BCUT2D eigenvalue weighted by Gasteiger charge is 2.29. The summed E-state index contributed by atoms with van der Waals surface area (Å²) in [4.78, 5) is 0. The largest absolute Gasteiger partial charge is 0.494 e. The fourth-order valence-electron chi connectivity index (χ4n) is 3.34. The van der Waals surface area contributed by atoms with E-state index in [1.165, 1.54) is 0 Å². The van der Waals surface area contributed by atoms with Gasteiger partial charge in [-0.25, -0.2) is 0 Å². The Balaban J connectivity index is 0.000000941. The summed E-state index contributed by atoms with van der Waals surface area (Å²) in [5.41, 5.74) is 3.13. The Kier molecular flexibility index (Phi) is 9.91. The number of hydrogen-bond donors (Lipinski definition) is 2. The van der Waals surface area contributed by atoms with Gasteiger partial charge in [0, 0.05) is 32.1 Å². The summed E-state index contributed by atoms with van der Waals surface area (Å²) in [6.07, 6.45) is 0.690. The molecule has 1 aliphatic rings. The van der Waals surface area contributed by atoms with Crippen molar-refractivity contribution in [3.63, 3.8) is 0 Å². The van der Waals surface area contributed by atoms with Crippen molar-refractivity contribution in [2.75, 3.05) is 27.4 Å². The quantitative estimate of drug-likeness (QED) is 0.731. The van der Waals surface area contributed by atoms with E-state index in [0.29, 0.717) is 30.9 Å². The summed E-state index contributed by atoms with van der Waals surface area (Å²) in [5.74, 6) is 0.857. The number of halogens is 1. The zero-order chi connectivity index (χ0) is 21.2. The Bertz CT molecular complexity index is 735. The Morgan fingerprint density at radius 3 is 2.41 bits per heavy atom. The van der Waals surface area contributed by atoms with E-state index < -0.39 is 6.10 Å². The lowest BCUT2D eigenvalue weighted by molar-refractivity contribution is -0.113. The van der Waals surface area contributed by atoms with Gasteiger partial charge in [-0.3, -0.25) is 0 Å². The Morgan fingerprint density at radius 1 is 1.10 bits per heavy atom. The number of aliphatic hydroxyl groups excluding tert-OH is 2. The maximum atomic E-state index is 10.0. The molecule has 0 radical (unpaired) electrons. The van der Waals surface area contributed by atoms with Gasteiger partial charge in [-0.15, -0.1) is 0 Å². The van der Waals surface area contributed by atoms with Gasteiger partial charge in [-0.1, -0.05) is 35.9 Å². The first-order valence-electron chi connectivity index (χ1n) is 9.85. The third-order valence-electron chi connectivity index (χ3n) is 4.65. The number of benzene rings is 2. The van der Waals surface area contributed by atoms with Crippen molar-refractivity contribution in [1.29, 1.82) is 0 Å². The van der Waals surface area contributed by atoms with Crippen molar-refractivity contribution < 1.29 is 24.4 Å². The van der Waals surface area contributed by atoms with E-state index in [1.807, 2.05) is 49.4 Å². The van der Waals surface area contributed by atoms with Crippen molar-refractivity contribution >= 4 is 11.6 Å². The van der Waals surface area contributed by atoms with Crippen LogP contribution in [0, 0.1) is 0 Å². The number of rotatable bonds is 6. The molecule has 1 heterocycles. The molecule has 6 heteroatoms. The summed E-state index contributed by atoms with van der Waals surface area (Å²) >= 11 is 6.40. The summed E-state index contributed by atoms with van der Waals surface area (Å²) in [6.45, 7) is 2.53. The minimum Gasteiger partial charge on any atom is -0.494 e. The molecule has 1 fully saturated rings. The van der Waals surface area contributed by atoms with Crippen molar-refractivity contribution in [3.05, 3.63) is 64.2 Å². The molecule has 3 atom stereocenters. The zero-order valence-corrected chi connectivity index (χ0v) is 18.1. The lowest BCUT2D eigenvalue weighted by Crippen LogP contribution is -2.33. The Labute approximate surface area is 178 Å². The van der Waals surface area contributed by atoms with Gasteiger partial charge < -0.3 is 24.4 Å². The predicted molar refractivity (Wildman–Crippen MR) is 115 cm³/mol. The molecule has 2 aromatic rings. The number of ether oxygens (including phenoxy) is 3. The molecule has 160 valence electrons. The fraction of sp³-hybridized carbons (Fsp3) is 0.478. The molecule has 1 saturated heterocycles. The van der Waals surface area contributed by atoms with Crippen molar-refractivity contribution in [3.8, 4) is 5.75 Å². The molecule has 2 N–H and O–H groups in total. The smallest absolute Gasteiger partial charge is 0.119 e. The zero-order valence-electron chi connectivity index (χ0n) is 17.3. The lowest BCUT2D eigenvalue weighted by Gasteiger charge is -2.32. The van der Waals surface area contributed by atoms with Crippen LogP contribution in [0.4, 0.5) is 0 Å². The van der Waals surface area contributed by atoms with Gasteiger partial charge >= 0.3 is 0 Å². The van der Waals surface area contributed by atoms with Crippen molar-refractivity contribution in [2.45, 2.75) is 44.5 Å². The average Bonchev–Trinajstić information content (AvgIpc) is 2.71. The highest BCUT2D eigenvalue weighted by Crippen LogP contribution is 2.33. The second-order valence-corrected chi connectivity index (χ2v) is 7.47. The summed E-state index contributed by atoms with van der Waals surface area (Å²) in [7, 11) is 3.25. The van der Waals surface area contributed by atoms with Crippen molar-refractivity contribution in [1.82, 2.24) is 0 Å². The van der Waals surface area contributed by atoms with Crippen LogP contribution in [-0.2, 0) is 15.9 Å². The molecular formula is C23H31ClO5. The lowest BCUT2D eigenvalue weighted by atomic mass is 9.94. The highest BCUT2D eigenvalue weighted by atomic mass is 35.5. The number of aliphatic hydroxyl groups is 2. The van der Waals surface area contributed by atoms with E-state index in [2.05, 4.69) is 4.74 Å². The van der Waals surface area contributed by atoms with Crippen LogP contribution in [0.3, 0.4) is 0 Å². The number of hydrogen-bond acceptors (Lipinski definition) is 5. The summed E-state index contributed by atoms with van der Waals surface area (Å²) in [5, 5.41) is 20.1. The van der Waals surface area contributed by atoms with Crippen LogP contribution < -0.4 is 4.74 Å². The molecule has 2 aromatic carbocycles. The van der Waals surface area contributed by atoms with Crippen LogP contribution in [0.15, 0.2) is 42.5 Å². The molecule has 0 aliphatic carbocycles. The molecule has 3 unspecified atom stereocenters. The van der Waals surface area contributed by atoms with Crippen LogP contribution in [0.5, 0.6) is 5.75 Å². The van der Waals surface area contributed by atoms with Gasteiger partial charge in [0.15, 0.2) is 0 Å². The SMILES string of the molecule is CCOc1ccc(Cc2cc(C3CC(O)CC(CO)O3)ccc2Cl)cc1.COC. The third kappa shape index (κ3) is 7.28. The van der Waals surface area contributed by atoms with E-state index in [-0.39, 0.29) is 18.8 Å². The van der Waals surface area contributed by atoms with Gasteiger partial charge in [0.1, 0.15) is 5.75 Å². The molecule has 5 nitrogen and oxygen atoms in total. The van der Waals surface area contributed by atoms with E-state index in [4.69, 9.17) is 21.1 Å². The molecule has 0 aromatic heterocycles. The topological polar surface area (TPSA) is 68.2 Å². The van der Waals surface area contributed by atoms with Gasteiger partial charge in [0.2, 0.25) is 0 Å². The second kappa shape index (κ2) is 12.2. The Morgan fingerprint density at radius 2 is 1.79 bits per heavy atom. The average molecular weight is 423 g/mol. The fourth-order valence-corrected chi connectivity index (χ4v) is 3.53.